The lowest BCUT2D eigenvalue weighted by atomic mass is 10.1. The van der Waals surface area contributed by atoms with Crippen LogP contribution in [0.1, 0.15) is 79.6 Å². The van der Waals surface area contributed by atoms with Crippen LogP contribution in [-0.4, -0.2) is 116 Å². The molecule has 0 saturated carbocycles. The van der Waals surface area contributed by atoms with E-state index in [0.29, 0.717) is 26.8 Å². The number of carbonyl (C=O) groups is 6. The van der Waals surface area contributed by atoms with Crippen molar-refractivity contribution in [1.82, 2.24) is 34.9 Å². The highest BCUT2D eigenvalue weighted by Crippen LogP contribution is 2.40. The number of carboxylic acid groups (broad SMARTS) is 2. The number of nitriles is 1. The number of benzene rings is 6. The van der Waals surface area contributed by atoms with Crippen LogP contribution in [0.5, 0.6) is 5.75 Å². The van der Waals surface area contributed by atoms with Gasteiger partial charge in [-0.25, -0.2) is 103 Å². The van der Waals surface area contributed by atoms with Gasteiger partial charge in [-0.1, -0.05) is 82.1 Å². The summed E-state index contributed by atoms with van der Waals surface area (Å²) in [5.74, 6) is -11.7. The molecule has 6 aromatic carbocycles. The average molecular weight is 2200 g/mol. The molecule has 12 aromatic rings. The van der Waals surface area contributed by atoms with Gasteiger partial charge in [-0.2, -0.15) is 18.4 Å². The quantitative estimate of drug-likeness (QED) is 0.0101. The van der Waals surface area contributed by atoms with Crippen LogP contribution in [0.3, 0.4) is 0 Å². The Morgan fingerprint density at radius 3 is 1.28 bits per heavy atom. The highest BCUT2D eigenvalue weighted by molar-refractivity contribution is 14.1. The van der Waals surface area contributed by atoms with E-state index < -0.39 is 123 Å². The number of terminal acetylenes is 1. The van der Waals surface area contributed by atoms with Gasteiger partial charge in [0.25, 0.3) is 0 Å². The normalized spacial score (nSPS) is 10.5. The van der Waals surface area contributed by atoms with Gasteiger partial charge in [0.15, 0.2) is 74.8 Å². The van der Waals surface area contributed by atoms with Gasteiger partial charge >= 0.3 is 42.0 Å². The molecule has 6 aromatic heterocycles. The lowest BCUT2D eigenvalue weighted by Gasteiger charge is -2.10. The molecule has 27 nitrogen and oxygen atoms in total. The number of aromatic carboxylic acids is 2. The molecule has 0 fully saturated rings. The number of nitrogens with two attached hydrogens (primary N) is 6. The number of esters is 4. The molecule has 0 radical (unpaired) electrons. The van der Waals surface area contributed by atoms with Gasteiger partial charge in [0.2, 0.25) is 0 Å². The number of hydrogen-bond acceptors (Lipinski definition) is 25. The Hall–Kier alpha value is -12.6. The standard InChI is InChI=1S/C15H9ClF2N2O2.C14H12N4O3.C13H7ClF4N2O2.2C13H8ClF2IN2O2.C12H6ClF2IN2O2/c1-3-7-4-5-8(6-9(7)17)13-11(18)12(19)10(16)14(20-13)15(21)22-2;1-20-11-10(14(19)21-2)17-13(18-12(11)16)9-5-3-8(7-15)4-6-9;14-10-8(19)4-9(20-11(10)12(21)22)5-1-2-6(7(15)3-5)13(16,17)18;1-21-13(20)12-9(14)7(18)4-8(19-12)5-2-3-6(17)11(16)10(5)15;1-21-13(20)12-8(14)10(18)9(16)11(19-12)5-2-3-7(17)6(15)4-5;13-10-8(17)3-9(18-11(10)12(19)20)4-1-6(15)7(16)2-5(4)14/h1,4-6H,2H3,(H2,19,20);3-6H,1-2H3,(H2,16,17,18);1-4H,(H2,19,20)(H,21,22);2*2-4H,1H3,(H2,18,19);1-3H,(H2,17,18)(H,19,20). The van der Waals surface area contributed by atoms with Gasteiger partial charge < -0.3 is 68.3 Å². The Balaban J connectivity index is 0.000000209. The topological polar surface area (TPSA) is 459 Å². The smallest absolute Gasteiger partial charge is 0.419 e. The number of alkyl halides is 3. The van der Waals surface area contributed by atoms with Gasteiger partial charge in [-0.3, -0.25) is 0 Å². The number of ether oxygens (including phenoxy) is 5. The van der Waals surface area contributed by atoms with E-state index in [1.54, 1.807) is 92.0 Å². The number of halogens is 20. The number of nitrogen functional groups attached to an aromatic ring is 6. The summed E-state index contributed by atoms with van der Waals surface area (Å²) in [6, 6.07) is 26.6. The summed E-state index contributed by atoms with van der Waals surface area (Å²) in [5, 5.41) is 25.3. The third-order valence-corrected chi connectivity index (χ3v) is 20.7. The molecule has 0 aliphatic heterocycles. The summed E-state index contributed by atoms with van der Waals surface area (Å²) >= 11 is 33.9. The minimum absolute atomic E-state index is 0.00917. The fourth-order valence-corrected chi connectivity index (χ4v) is 12.2. The number of aromatic nitrogens is 7. The zero-order valence-corrected chi connectivity index (χ0v) is 74.4. The van der Waals surface area contributed by atoms with Crippen molar-refractivity contribution in [3.05, 3.63) is 260 Å². The molecule has 0 unspecified atom stereocenters. The van der Waals surface area contributed by atoms with Crippen LogP contribution >= 0.6 is 126 Å². The molecule has 0 amide bonds. The van der Waals surface area contributed by atoms with E-state index in [2.05, 4.69) is 59.8 Å². The molecule has 0 aliphatic rings. The van der Waals surface area contributed by atoms with Crippen LogP contribution in [0.4, 0.5) is 86.9 Å². The molecule has 658 valence electrons. The summed E-state index contributed by atoms with van der Waals surface area (Å²) < 4.78 is 186. The Kier molecular flexibility index (Phi) is 35.2. The number of hydrogen-bond donors (Lipinski definition) is 8. The van der Waals surface area contributed by atoms with Crippen molar-refractivity contribution in [3.63, 3.8) is 0 Å². The van der Waals surface area contributed by atoms with Crippen molar-refractivity contribution in [1.29, 1.82) is 5.26 Å². The van der Waals surface area contributed by atoms with Crippen molar-refractivity contribution in [2.75, 3.05) is 70.0 Å². The zero-order chi connectivity index (χ0) is 95.0. The summed E-state index contributed by atoms with van der Waals surface area (Å²) in [5.41, 5.74) is 29.1. The van der Waals surface area contributed by atoms with Crippen molar-refractivity contribution < 1.29 is 115 Å². The maximum absolute atomic E-state index is 14.2. The number of nitrogens with zero attached hydrogens (tertiary/aromatic N) is 8. The number of pyridine rings is 5. The largest absolute Gasteiger partial charge is 0.491 e. The fourth-order valence-electron chi connectivity index (χ4n) is 10.1. The van der Waals surface area contributed by atoms with E-state index in [1.807, 2.05) is 6.07 Å². The predicted molar refractivity (Wildman–Crippen MR) is 469 cm³/mol. The van der Waals surface area contributed by atoms with E-state index >= 15 is 0 Å². The van der Waals surface area contributed by atoms with Crippen LogP contribution in [0.15, 0.2) is 121 Å². The SMILES string of the molecule is C#Cc1ccc(-c2nc(C(=O)OC)c(Cl)c(N)c2F)cc1F.COC(=O)c1nc(-c2ccc(C#N)cc2)nc(N)c1OC.COC(=O)c1nc(-c2ccc(I)c(F)c2)c(F)c(N)c1Cl.COC(=O)c1nc(-c2ccc(I)c(F)c2F)cc(N)c1Cl.Nc1cc(-c2cc(F)c(I)cc2F)nc(C(=O)O)c1Cl.Nc1cc(-c2ccc(C(F)(F)F)c(F)c2)nc(C(=O)O)c1Cl. The summed E-state index contributed by atoms with van der Waals surface area (Å²) in [4.78, 5) is 95.6. The fraction of sp³-hybridized carbons (Fsp3) is 0.0750. The van der Waals surface area contributed by atoms with Crippen molar-refractivity contribution in [2.45, 2.75) is 6.18 Å². The third kappa shape index (κ3) is 24.2. The highest BCUT2D eigenvalue weighted by Gasteiger charge is 2.35. The van der Waals surface area contributed by atoms with Gasteiger partial charge in [0.1, 0.15) is 40.5 Å². The van der Waals surface area contributed by atoms with Gasteiger partial charge in [0.05, 0.1) is 136 Å². The highest BCUT2D eigenvalue weighted by atomic mass is 127. The average Bonchev–Trinajstić information content (AvgIpc) is 0.770. The molecule has 127 heavy (non-hydrogen) atoms. The molecule has 0 atom stereocenters. The molecule has 0 bridgehead atoms. The molecular weight excluding hydrogens is 2150 g/mol. The molecule has 47 heteroatoms. The first kappa shape index (κ1) is 102. The van der Waals surface area contributed by atoms with E-state index in [0.717, 1.165) is 57.7 Å². The third-order valence-electron chi connectivity index (χ3n) is 16.2. The molecule has 12 rings (SSSR count). The van der Waals surface area contributed by atoms with Crippen molar-refractivity contribution in [3.8, 4) is 91.8 Å². The maximum Gasteiger partial charge on any atom is 0.419 e. The minimum atomic E-state index is -4.83. The molecule has 0 aliphatic carbocycles. The first-order chi connectivity index (χ1) is 59.6. The minimum Gasteiger partial charge on any atom is -0.491 e. The Bertz CT molecular complexity index is 6490. The van der Waals surface area contributed by atoms with Crippen LogP contribution in [-0.2, 0) is 25.1 Å². The van der Waals surface area contributed by atoms with Crippen LogP contribution in [0.25, 0.3) is 67.7 Å². The number of rotatable bonds is 13. The summed E-state index contributed by atoms with van der Waals surface area (Å²) in [7, 11) is 5.99. The second-order valence-corrected chi connectivity index (χ2v) is 29.6. The van der Waals surface area contributed by atoms with Crippen molar-refractivity contribution >= 4 is 196 Å². The number of anilines is 6. The lowest BCUT2D eigenvalue weighted by molar-refractivity contribution is -0.140. The van der Waals surface area contributed by atoms with E-state index in [4.69, 9.17) is 119 Å². The predicted octanol–water partition coefficient (Wildman–Crippen LogP) is 19.1. The number of methoxy groups -OCH3 is 5. The van der Waals surface area contributed by atoms with E-state index in [9.17, 15) is 81.5 Å². The van der Waals surface area contributed by atoms with Crippen molar-refractivity contribution in [2.24, 2.45) is 0 Å². The van der Waals surface area contributed by atoms with Crippen LogP contribution < -0.4 is 39.1 Å². The van der Waals surface area contributed by atoms with Gasteiger partial charge in [0, 0.05) is 37.0 Å². The van der Waals surface area contributed by atoms with Gasteiger partial charge in [-0.05, 0) is 171 Å². The first-order valence-electron chi connectivity index (χ1n) is 33.7. The second-order valence-electron chi connectivity index (χ2n) is 24.2. The Morgan fingerprint density at radius 1 is 0.417 bits per heavy atom. The zero-order valence-electron chi connectivity index (χ0n) is 64.1. The first-order valence-corrected chi connectivity index (χ1v) is 38.8. The molecular formula is C80H50Cl5F12I3N14O13. The summed E-state index contributed by atoms with van der Waals surface area (Å²) in [6.45, 7) is 0. The monoisotopic (exact) mass is 2200 g/mol. The molecule has 14 N–H and O–H groups in total. The van der Waals surface area contributed by atoms with Gasteiger partial charge in [-0.15, -0.1) is 6.42 Å². The Labute approximate surface area is 773 Å². The second kappa shape index (κ2) is 44.0. The van der Waals surface area contributed by atoms with Crippen LogP contribution in [0.2, 0.25) is 25.1 Å². The molecule has 6 heterocycles. The van der Waals surface area contributed by atoms with E-state index in [1.165, 1.54) is 62.8 Å². The number of carboxylic acids is 2. The lowest BCUT2D eigenvalue weighted by Crippen LogP contribution is -2.11. The van der Waals surface area contributed by atoms with Crippen LogP contribution in [0, 0.1) is 86.7 Å². The maximum atomic E-state index is 14.2. The number of carbonyl (C=O) groups excluding carboxylic acids is 4. The summed E-state index contributed by atoms with van der Waals surface area (Å²) in [6.07, 6.45) is 0.285. The van der Waals surface area contributed by atoms with E-state index in [-0.39, 0.29) is 151 Å². The molecule has 0 spiro atoms. The molecule has 0 saturated heterocycles. The Morgan fingerprint density at radius 2 is 0.827 bits per heavy atom.